The van der Waals surface area contributed by atoms with Gasteiger partial charge in [0, 0.05) is 28.7 Å². The number of carbonyl (C=O) groups excluding carboxylic acids is 1. The van der Waals surface area contributed by atoms with E-state index in [1.807, 2.05) is 35.8 Å². The van der Waals surface area contributed by atoms with Crippen LogP contribution < -0.4 is 14.3 Å². The smallest absolute Gasteiger partial charge is 0.279 e. The maximum Gasteiger partial charge on any atom is 0.279 e. The summed E-state index contributed by atoms with van der Waals surface area (Å²) in [6.07, 6.45) is 0. The van der Waals surface area contributed by atoms with E-state index in [0.717, 1.165) is 14.7 Å². The second-order valence-corrected chi connectivity index (χ2v) is 7.15. The van der Waals surface area contributed by atoms with Gasteiger partial charge in [0.15, 0.2) is 16.3 Å². The summed E-state index contributed by atoms with van der Waals surface area (Å²) in [6, 6.07) is 11.0. The molecule has 0 radical (unpaired) electrons. The molecule has 5 nitrogen and oxygen atoms in total. The normalized spacial score (nSPS) is 11.8. The fraction of sp³-hybridized carbons (Fsp3) is 0.222. The SMILES string of the molecule is CCn1c(=NC(=O)c2ccc(Br)cc2)sc2cc(OC)c(OC)cc21. The molecule has 0 fully saturated rings. The third-order valence-electron chi connectivity index (χ3n) is 3.79. The maximum atomic E-state index is 12.5. The highest BCUT2D eigenvalue weighted by atomic mass is 79.9. The van der Waals surface area contributed by atoms with Crippen LogP contribution in [0.2, 0.25) is 0 Å². The van der Waals surface area contributed by atoms with Crippen molar-refractivity contribution in [2.24, 2.45) is 4.99 Å². The number of aryl methyl sites for hydroxylation is 1. The Morgan fingerprint density at radius 2 is 1.80 bits per heavy atom. The average Bonchev–Trinajstić information content (AvgIpc) is 2.96. The number of aromatic nitrogens is 1. The Morgan fingerprint density at radius 1 is 1.16 bits per heavy atom. The van der Waals surface area contributed by atoms with Crippen LogP contribution in [0.4, 0.5) is 0 Å². The van der Waals surface area contributed by atoms with Crippen LogP contribution in [-0.4, -0.2) is 24.7 Å². The van der Waals surface area contributed by atoms with Gasteiger partial charge in [-0.3, -0.25) is 4.79 Å². The van der Waals surface area contributed by atoms with Gasteiger partial charge in [-0.2, -0.15) is 4.99 Å². The van der Waals surface area contributed by atoms with Gasteiger partial charge >= 0.3 is 0 Å². The first-order chi connectivity index (χ1) is 12.1. The van der Waals surface area contributed by atoms with Crippen LogP contribution in [-0.2, 0) is 6.54 Å². The molecule has 25 heavy (non-hydrogen) atoms. The van der Waals surface area contributed by atoms with Crippen molar-refractivity contribution in [2.75, 3.05) is 14.2 Å². The van der Waals surface area contributed by atoms with Gasteiger partial charge in [0.05, 0.1) is 24.4 Å². The van der Waals surface area contributed by atoms with Crippen molar-refractivity contribution in [1.29, 1.82) is 0 Å². The van der Waals surface area contributed by atoms with Crippen LogP contribution in [0, 0.1) is 0 Å². The lowest BCUT2D eigenvalue weighted by atomic mass is 10.2. The predicted octanol–water partition coefficient (Wildman–Crippen LogP) is 4.24. The number of carbonyl (C=O) groups is 1. The second-order valence-electron chi connectivity index (χ2n) is 5.23. The molecule has 2 aromatic carbocycles. The Bertz CT molecular complexity index is 990. The number of halogens is 1. The van der Waals surface area contributed by atoms with Crippen molar-refractivity contribution in [1.82, 2.24) is 4.57 Å². The third kappa shape index (κ3) is 3.48. The topological polar surface area (TPSA) is 52.8 Å². The molecule has 1 heterocycles. The zero-order valence-electron chi connectivity index (χ0n) is 14.1. The highest BCUT2D eigenvalue weighted by molar-refractivity contribution is 9.10. The molecule has 3 aromatic rings. The molecule has 0 N–H and O–H groups in total. The lowest BCUT2D eigenvalue weighted by Crippen LogP contribution is -2.15. The first-order valence-corrected chi connectivity index (χ1v) is 9.28. The lowest BCUT2D eigenvalue weighted by Gasteiger charge is -2.08. The molecule has 0 aliphatic rings. The molecule has 0 spiro atoms. The van der Waals surface area contributed by atoms with E-state index >= 15 is 0 Å². The van der Waals surface area contributed by atoms with E-state index in [1.54, 1.807) is 26.4 Å². The van der Waals surface area contributed by atoms with Crippen molar-refractivity contribution in [3.63, 3.8) is 0 Å². The number of methoxy groups -OCH3 is 2. The van der Waals surface area contributed by atoms with Gasteiger partial charge in [0.25, 0.3) is 5.91 Å². The quantitative estimate of drug-likeness (QED) is 0.633. The summed E-state index contributed by atoms with van der Waals surface area (Å²) in [6.45, 7) is 2.72. The summed E-state index contributed by atoms with van der Waals surface area (Å²) >= 11 is 4.82. The zero-order chi connectivity index (χ0) is 18.0. The summed E-state index contributed by atoms with van der Waals surface area (Å²) in [5.74, 6) is 1.05. The van der Waals surface area contributed by atoms with Crippen molar-refractivity contribution < 1.29 is 14.3 Å². The summed E-state index contributed by atoms with van der Waals surface area (Å²) in [5.41, 5.74) is 1.52. The molecule has 1 aromatic heterocycles. The standard InChI is InChI=1S/C18H17BrN2O3S/c1-4-21-13-9-14(23-2)15(24-3)10-16(13)25-18(21)20-17(22)11-5-7-12(19)8-6-11/h5-10H,4H2,1-3H3. The molecule has 0 unspecified atom stereocenters. The number of rotatable bonds is 4. The Balaban J connectivity index is 2.15. The molecular formula is C18H17BrN2O3S. The monoisotopic (exact) mass is 420 g/mol. The minimum atomic E-state index is -0.264. The van der Waals surface area contributed by atoms with Gasteiger partial charge in [-0.15, -0.1) is 0 Å². The Labute approximate surface area is 157 Å². The molecule has 0 aliphatic heterocycles. The van der Waals surface area contributed by atoms with Gasteiger partial charge < -0.3 is 14.0 Å². The number of hydrogen-bond donors (Lipinski definition) is 0. The summed E-state index contributed by atoms with van der Waals surface area (Å²) in [4.78, 5) is 17.5. The predicted molar refractivity (Wildman–Crippen MR) is 103 cm³/mol. The van der Waals surface area contributed by atoms with Crippen molar-refractivity contribution in [3.05, 3.63) is 51.2 Å². The van der Waals surface area contributed by atoms with Crippen molar-refractivity contribution in [3.8, 4) is 11.5 Å². The van der Waals surface area contributed by atoms with Crippen LogP contribution >= 0.6 is 27.3 Å². The summed E-state index contributed by atoms with van der Waals surface area (Å²) < 4.78 is 14.6. The minimum absolute atomic E-state index is 0.264. The number of ether oxygens (including phenoxy) is 2. The van der Waals surface area contributed by atoms with Gasteiger partial charge in [0.1, 0.15) is 0 Å². The van der Waals surface area contributed by atoms with Crippen molar-refractivity contribution >= 4 is 43.4 Å². The third-order valence-corrected chi connectivity index (χ3v) is 5.36. The van der Waals surface area contributed by atoms with Crippen molar-refractivity contribution in [2.45, 2.75) is 13.5 Å². The Hall–Kier alpha value is -2.12. The number of fused-ring (bicyclic) bond motifs is 1. The molecule has 7 heteroatoms. The minimum Gasteiger partial charge on any atom is -0.493 e. The van der Waals surface area contributed by atoms with E-state index in [9.17, 15) is 4.79 Å². The van der Waals surface area contributed by atoms with Gasteiger partial charge in [-0.05, 0) is 31.2 Å². The number of amides is 1. The molecule has 0 saturated carbocycles. The molecule has 3 rings (SSSR count). The molecule has 0 bridgehead atoms. The molecule has 0 atom stereocenters. The van der Waals surface area contributed by atoms with E-state index in [4.69, 9.17) is 9.47 Å². The highest BCUT2D eigenvalue weighted by Gasteiger charge is 2.13. The zero-order valence-corrected chi connectivity index (χ0v) is 16.5. The molecular weight excluding hydrogens is 404 g/mol. The molecule has 0 saturated heterocycles. The lowest BCUT2D eigenvalue weighted by molar-refractivity contribution is 0.0998. The van der Waals surface area contributed by atoms with Crippen LogP contribution in [0.1, 0.15) is 17.3 Å². The first kappa shape index (κ1) is 17.7. The molecule has 0 aliphatic carbocycles. The van der Waals surface area contributed by atoms with Crippen LogP contribution in [0.5, 0.6) is 11.5 Å². The van der Waals surface area contributed by atoms with Crippen LogP contribution in [0.3, 0.4) is 0 Å². The molecule has 1 amide bonds. The van der Waals surface area contributed by atoms with Crippen LogP contribution in [0.25, 0.3) is 10.2 Å². The molecule has 130 valence electrons. The second kappa shape index (κ2) is 7.41. The fourth-order valence-electron chi connectivity index (χ4n) is 2.53. The fourth-order valence-corrected chi connectivity index (χ4v) is 3.90. The van der Waals surface area contributed by atoms with Gasteiger partial charge in [0.2, 0.25) is 0 Å². The van der Waals surface area contributed by atoms with Gasteiger partial charge in [-0.25, -0.2) is 0 Å². The summed E-state index contributed by atoms with van der Waals surface area (Å²) in [7, 11) is 3.21. The van der Waals surface area contributed by atoms with Gasteiger partial charge in [-0.1, -0.05) is 27.3 Å². The summed E-state index contributed by atoms with van der Waals surface area (Å²) in [5, 5.41) is 0. The van der Waals surface area contributed by atoms with E-state index < -0.39 is 0 Å². The van der Waals surface area contributed by atoms with E-state index in [1.165, 1.54) is 11.3 Å². The maximum absolute atomic E-state index is 12.5. The number of thiazole rings is 1. The Kier molecular flexibility index (Phi) is 5.24. The number of nitrogens with zero attached hydrogens (tertiary/aromatic N) is 2. The number of benzene rings is 2. The largest absolute Gasteiger partial charge is 0.493 e. The van der Waals surface area contributed by atoms with Crippen LogP contribution in [0.15, 0.2) is 45.9 Å². The van der Waals surface area contributed by atoms with E-state index in [2.05, 4.69) is 20.9 Å². The number of hydrogen-bond acceptors (Lipinski definition) is 4. The Morgan fingerprint density at radius 3 is 2.40 bits per heavy atom. The highest BCUT2D eigenvalue weighted by Crippen LogP contribution is 2.33. The first-order valence-electron chi connectivity index (χ1n) is 7.67. The van der Waals surface area contributed by atoms with E-state index in [-0.39, 0.29) is 5.91 Å². The van der Waals surface area contributed by atoms with E-state index in [0.29, 0.717) is 28.4 Å². The average molecular weight is 421 g/mol.